The van der Waals surface area contributed by atoms with Gasteiger partial charge in [-0.05, 0) is 55.4 Å². The van der Waals surface area contributed by atoms with Crippen LogP contribution in [0.3, 0.4) is 0 Å². The molecular formula is C17H17F2N. The predicted molar refractivity (Wildman–Crippen MR) is 75.5 cm³/mol. The fourth-order valence-corrected chi connectivity index (χ4v) is 2.91. The highest BCUT2D eigenvalue weighted by Gasteiger charge is 2.24. The van der Waals surface area contributed by atoms with Crippen LogP contribution in [-0.4, -0.2) is 4.98 Å². The Morgan fingerprint density at radius 2 is 2.05 bits per heavy atom. The third kappa shape index (κ3) is 2.21. The predicted octanol–water partition coefficient (Wildman–Crippen LogP) is 4.46. The largest absolute Gasteiger partial charge is 0.261 e. The molecular weight excluding hydrogens is 256 g/mol. The van der Waals surface area contributed by atoms with Gasteiger partial charge in [0.05, 0.1) is 5.56 Å². The van der Waals surface area contributed by atoms with Crippen molar-refractivity contribution in [1.29, 1.82) is 0 Å². The van der Waals surface area contributed by atoms with Crippen molar-refractivity contribution >= 4 is 0 Å². The van der Waals surface area contributed by atoms with Gasteiger partial charge in [-0.25, -0.2) is 8.78 Å². The minimum Gasteiger partial charge on any atom is -0.261 e. The van der Waals surface area contributed by atoms with Gasteiger partial charge in [0, 0.05) is 17.5 Å². The number of pyridine rings is 1. The van der Waals surface area contributed by atoms with E-state index in [1.54, 1.807) is 12.1 Å². The van der Waals surface area contributed by atoms with Crippen LogP contribution in [0.15, 0.2) is 24.4 Å². The van der Waals surface area contributed by atoms with Gasteiger partial charge in [0.25, 0.3) is 0 Å². The Labute approximate surface area is 117 Å². The van der Waals surface area contributed by atoms with Gasteiger partial charge in [-0.15, -0.1) is 0 Å². The number of aromatic nitrogens is 1. The van der Waals surface area contributed by atoms with E-state index in [1.807, 2.05) is 6.92 Å². The number of aryl methyl sites for hydroxylation is 1. The number of rotatable bonds is 1. The van der Waals surface area contributed by atoms with Crippen LogP contribution in [0.25, 0.3) is 11.1 Å². The fourth-order valence-electron chi connectivity index (χ4n) is 2.91. The first-order chi connectivity index (χ1) is 9.56. The summed E-state index contributed by atoms with van der Waals surface area (Å²) in [6, 6.07) is 5.00. The maximum absolute atomic E-state index is 14.7. The second kappa shape index (κ2) is 4.97. The number of hydrogen-bond donors (Lipinski definition) is 0. The topological polar surface area (TPSA) is 12.9 Å². The van der Waals surface area contributed by atoms with E-state index in [0.29, 0.717) is 23.5 Å². The van der Waals surface area contributed by atoms with Crippen LogP contribution in [-0.2, 0) is 12.8 Å². The summed E-state index contributed by atoms with van der Waals surface area (Å²) in [5.41, 5.74) is 2.90. The SMILES string of the molecule is Cc1ccc(-c2c(F)cc3c(c2F)CCC(C)C3)cn1. The van der Waals surface area contributed by atoms with Gasteiger partial charge in [-0.1, -0.05) is 13.0 Å². The summed E-state index contributed by atoms with van der Waals surface area (Å²) < 4.78 is 28.9. The summed E-state index contributed by atoms with van der Waals surface area (Å²) in [4.78, 5) is 4.13. The van der Waals surface area contributed by atoms with Crippen LogP contribution in [0.4, 0.5) is 8.78 Å². The molecule has 0 saturated heterocycles. The number of hydrogen-bond acceptors (Lipinski definition) is 1. The zero-order valence-electron chi connectivity index (χ0n) is 11.7. The Bertz CT molecular complexity index is 647. The van der Waals surface area contributed by atoms with Crippen molar-refractivity contribution in [1.82, 2.24) is 4.98 Å². The quantitative estimate of drug-likeness (QED) is 0.747. The minimum atomic E-state index is -0.485. The molecule has 1 aliphatic carbocycles. The summed E-state index contributed by atoms with van der Waals surface area (Å²) in [6.45, 7) is 3.97. The second-order valence-electron chi connectivity index (χ2n) is 5.72. The van der Waals surface area contributed by atoms with Crippen molar-refractivity contribution in [2.45, 2.75) is 33.1 Å². The Morgan fingerprint density at radius 1 is 1.25 bits per heavy atom. The molecule has 1 atom stereocenters. The van der Waals surface area contributed by atoms with E-state index in [9.17, 15) is 8.78 Å². The van der Waals surface area contributed by atoms with Crippen LogP contribution in [0.1, 0.15) is 30.2 Å². The highest BCUT2D eigenvalue weighted by Crippen LogP contribution is 2.35. The average Bonchev–Trinajstić information content (AvgIpc) is 2.40. The lowest BCUT2D eigenvalue weighted by Gasteiger charge is -2.23. The minimum absolute atomic E-state index is 0.0609. The van der Waals surface area contributed by atoms with E-state index in [2.05, 4.69) is 11.9 Å². The summed E-state index contributed by atoms with van der Waals surface area (Å²) in [5.74, 6) is -0.397. The van der Waals surface area contributed by atoms with E-state index in [0.717, 1.165) is 24.1 Å². The lowest BCUT2D eigenvalue weighted by molar-refractivity contribution is 0.476. The van der Waals surface area contributed by atoms with Crippen LogP contribution < -0.4 is 0 Å². The molecule has 3 rings (SSSR count). The van der Waals surface area contributed by atoms with Crippen molar-refractivity contribution in [3.05, 3.63) is 52.9 Å². The molecule has 0 radical (unpaired) electrons. The highest BCUT2D eigenvalue weighted by atomic mass is 19.1. The summed E-state index contributed by atoms with van der Waals surface area (Å²) in [6.07, 6.45) is 3.94. The van der Waals surface area contributed by atoms with Gasteiger partial charge >= 0.3 is 0 Å². The Balaban J connectivity index is 2.15. The van der Waals surface area contributed by atoms with Gasteiger partial charge in [0.1, 0.15) is 11.6 Å². The maximum atomic E-state index is 14.7. The normalized spacial score (nSPS) is 17.9. The fraction of sp³-hybridized carbons (Fsp3) is 0.353. The molecule has 1 aliphatic rings. The van der Waals surface area contributed by atoms with E-state index < -0.39 is 11.6 Å². The maximum Gasteiger partial charge on any atom is 0.137 e. The van der Waals surface area contributed by atoms with Gasteiger partial charge in [-0.2, -0.15) is 0 Å². The summed E-state index contributed by atoms with van der Waals surface area (Å²) in [5, 5.41) is 0. The van der Waals surface area contributed by atoms with Crippen molar-refractivity contribution in [3.63, 3.8) is 0 Å². The molecule has 104 valence electrons. The van der Waals surface area contributed by atoms with Crippen LogP contribution >= 0.6 is 0 Å². The molecule has 0 saturated carbocycles. The molecule has 0 spiro atoms. The first-order valence-electron chi connectivity index (χ1n) is 6.99. The standard InChI is InChI=1S/C17H17F2N/c1-10-3-6-14-13(7-10)8-15(18)16(17(14)19)12-5-4-11(2)20-9-12/h4-5,8-10H,3,6-7H2,1-2H3. The van der Waals surface area contributed by atoms with Crippen molar-refractivity contribution < 1.29 is 8.78 Å². The van der Waals surface area contributed by atoms with Crippen molar-refractivity contribution in [2.75, 3.05) is 0 Å². The van der Waals surface area contributed by atoms with Gasteiger partial charge in [0.2, 0.25) is 0 Å². The summed E-state index contributed by atoms with van der Waals surface area (Å²) in [7, 11) is 0. The van der Waals surface area contributed by atoms with Crippen LogP contribution in [0.5, 0.6) is 0 Å². The van der Waals surface area contributed by atoms with E-state index in [4.69, 9.17) is 0 Å². The molecule has 2 aromatic rings. The Kier molecular flexibility index (Phi) is 3.28. The molecule has 0 bridgehead atoms. The third-order valence-electron chi connectivity index (χ3n) is 4.07. The molecule has 20 heavy (non-hydrogen) atoms. The van der Waals surface area contributed by atoms with Crippen LogP contribution in [0.2, 0.25) is 0 Å². The third-order valence-corrected chi connectivity index (χ3v) is 4.07. The van der Waals surface area contributed by atoms with E-state index >= 15 is 0 Å². The molecule has 1 heterocycles. The molecule has 1 aromatic heterocycles. The van der Waals surface area contributed by atoms with Crippen molar-refractivity contribution in [2.24, 2.45) is 5.92 Å². The molecule has 1 aromatic carbocycles. The van der Waals surface area contributed by atoms with Crippen LogP contribution in [0, 0.1) is 24.5 Å². The van der Waals surface area contributed by atoms with Gasteiger partial charge in [-0.3, -0.25) is 4.98 Å². The number of fused-ring (bicyclic) bond motifs is 1. The number of benzene rings is 1. The zero-order chi connectivity index (χ0) is 14.3. The lowest BCUT2D eigenvalue weighted by Crippen LogP contribution is -2.14. The molecule has 3 heteroatoms. The first-order valence-corrected chi connectivity index (χ1v) is 6.99. The van der Waals surface area contributed by atoms with E-state index in [-0.39, 0.29) is 5.56 Å². The summed E-state index contributed by atoms with van der Waals surface area (Å²) >= 11 is 0. The molecule has 1 nitrogen and oxygen atoms in total. The Morgan fingerprint density at radius 3 is 2.75 bits per heavy atom. The monoisotopic (exact) mass is 273 g/mol. The Hall–Kier alpha value is -1.77. The van der Waals surface area contributed by atoms with E-state index in [1.165, 1.54) is 12.3 Å². The second-order valence-corrected chi connectivity index (χ2v) is 5.72. The molecule has 0 aliphatic heterocycles. The first kappa shape index (κ1) is 13.2. The lowest BCUT2D eigenvalue weighted by atomic mass is 9.83. The van der Waals surface area contributed by atoms with Gasteiger partial charge in [0.15, 0.2) is 0 Å². The average molecular weight is 273 g/mol. The zero-order valence-corrected chi connectivity index (χ0v) is 11.7. The highest BCUT2D eigenvalue weighted by molar-refractivity contribution is 5.66. The smallest absolute Gasteiger partial charge is 0.137 e. The van der Waals surface area contributed by atoms with Crippen molar-refractivity contribution in [3.8, 4) is 11.1 Å². The van der Waals surface area contributed by atoms with Gasteiger partial charge < -0.3 is 0 Å². The number of halogens is 2. The number of nitrogens with zero attached hydrogens (tertiary/aromatic N) is 1. The molecule has 0 N–H and O–H groups in total. The molecule has 0 fully saturated rings. The molecule has 0 amide bonds. The molecule has 1 unspecified atom stereocenters.